The number of hydrogen-bond acceptors (Lipinski definition) is 5. The van der Waals surface area contributed by atoms with Gasteiger partial charge in [0.2, 0.25) is 0 Å². The van der Waals surface area contributed by atoms with E-state index in [0.29, 0.717) is 13.0 Å². The van der Waals surface area contributed by atoms with Crippen LogP contribution in [-0.2, 0) is 14.3 Å². The molecule has 1 fully saturated rings. The molecule has 6 nitrogen and oxygen atoms in total. The number of nitrogens with zero attached hydrogens (tertiary/aromatic N) is 1. The van der Waals surface area contributed by atoms with Gasteiger partial charge in [-0.05, 0) is 33.6 Å². The minimum Gasteiger partial charge on any atom is -0.465 e. The summed E-state index contributed by atoms with van der Waals surface area (Å²) < 4.78 is 10.8. The Labute approximate surface area is 146 Å². The van der Waals surface area contributed by atoms with Gasteiger partial charge in [0.05, 0.1) is 13.2 Å². The zero-order valence-electron chi connectivity index (χ0n) is 16.3. The highest BCUT2D eigenvalue weighted by Crippen LogP contribution is 2.46. The molecule has 4 atom stereocenters. The van der Waals surface area contributed by atoms with Crippen LogP contribution in [0.4, 0.5) is 4.79 Å². The first-order chi connectivity index (χ1) is 11.2. The topological polar surface area (TPSA) is 67.9 Å². The Morgan fingerprint density at radius 1 is 1.21 bits per heavy atom. The zero-order valence-corrected chi connectivity index (χ0v) is 16.3. The molecule has 0 spiro atoms. The second-order valence-corrected chi connectivity index (χ2v) is 7.14. The number of alkyl carbamates (subject to hydrolysis) is 1. The van der Waals surface area contributed by atoms with Crippen LogP contribution >= 0.6 is 0 Å². The number of piperidine rings is 1. The third-order valence-corrected chi connectivity index (χ3v) is 5.98. The summed E-state index contributed by atoms with van der Waals surface area (Å²) in [6.07, 6.45) is 1.84. The molecule has 140 valence electrons. The first-order valence-electron chi connectivity index (χ1n) is 9.00. The zero-order chi connectivity index (χ0) is 18.5. The number of likely N-dealkylation sites (tertiary alicyclic amines) is 1. The van der Waals surface area contributed by atoms with Gasteiger partial charge >= 0.3 is 12.1 Å². The Bertz CT molecular complexity index is 456. The van der Waals surface area contributed by atoms with Crippen molar-refractivity contribution in [1.82, 2.24) is 10.2 Å². The predicted molar refractivity (Wildman–Crippen MR) is 93.8 cm³/mol. The highest BCUT2D eigenvalue weighted by molar-refractivity contribution is 5.72. The Morgan fingerprint density at radius 2 is 1.83 bits per heavy atom. The molecule has 0 aromatic rings. The molecule has 1 saturated heterocycles. The molecule has 0 bridgehead atoms. The largest absolute Gasteiger partial charge is 0.465 e. The van der Waals surface area contributed by atoms with Crippen LogP contribution in [0.15, 0.2) is 0 Å². The number of esters is 1. The van der Waals surface area contributed by atoms with E-state index in [0.717, 1.165) is 12.8 Å². The third-order valence-electron chi connectivity index (χ3n) is 5.98. The fraction of sp³-hybridized carbons (Fsp3) is 0.889. The Morgan fingerprint density at radius 3 is 2.29 bits per heavy atom. The molecule has 6 heteroatoms. The second-order valence-electron chi connectivity index (χ2n) is 7.14. The quantitative estimate of drug-likeness (QED) is 0.752. The van der Waals surface area contributed by atoms with Gasteiger partial charge in [-0.25, -0.2) is 4.79 Å². The maximum absolute atomic E-state index is 12.2. The molecule has 1 N–H and O–H groups in total. The van der Waals surface area contributed by atoms with Crippen molar-refractivity contribution < 1.29 is 19.1 Å². The second kappa shape index (κ2) is 8.19. The highest BCUT2D eigenvalue weighted by Gasteiger charge is 2.54. The van der Waals surface area contributed by atoms with Crippen LogP contribution in [-0.4, -0.2) is 54.3 Å². The first kappa shape index (κ1) is 20.7. The smallest absolute Gasteiger partial charge is 0.407 e. The summed E-state index contributed by atoms with van der Waals surface area (Å²) in [7, 11) is 1.57. The van der Waals surface area contributed by atoms with Crippen molar-refractivity contribution in [3.05, 3.63) is 0 Å². The Kier molecular flexibility index (Phi) is 7.08. The van der Waals surface area contributed by atoms with Crippen LogP contribution < -0.4 is 5.32 Å². The minimum atomic E-state index is -0.400. The van der Waals surface area contributed by atoms with E-state index in [1.54, 1.807) is 7.05 Å². The number of rotatable bonds is 6. The summed E-state index contributed by atoms with van der Waals surface area (Å²) in [5, 5.41) is 2.53. The molecular weight excluding hydrogens is 308 g/mol. The lowest BCUT2D eigenvalue weighted by Gasteiger charge is -2.59. The van der Waals surface area contributed by atoms with Crippen molar-refractivity contribution in [3.8, 4) is 0 Å². The molecule has 24 heavy (non-hydrogen) atoms. The van der Waals surface area contributed by atoms with E-state index in [1.165, 1.54) is 0 Å². The van der Waals surface area contributed by atoms with Crippen molar-refractivity contribution in [2.24, 2.45) is 5.92 Å². The lowest BCUT2D eigenvalue weighted by atomic mass is 9.68. The van der Waals surface area contributed by atoms with Crippen LogP contribution in [0.3, 0.4) is 0 Å². The maximum Gasteiger partial charge on any atom is 0.407 e. The summed E-state index contributed by atoms with van der Waals surface area (Å²) >= 11 is 0. The van der Waals surface area contributed by atoms with Gasteiger partial charge in [-0.2, -0.15) is 0 Å². The average Bonchev–Trinajstić information content (AvgIpc) is 2.56. The summed E-state index contributed by atoms with van der Waals surface area (Å²) in [6, 6.07) is 0. The van der Waals surface area contributed by atoms with Crippen LogP contribution in [0, 0.1) is 5.92 Å². The fourth-order valence-electron chi connectivity index (χ4n) is 3.88. The van der Waals surface area contributed by atoms with Gasteiger partial charge in [-0.3, -0.25) is 9.69 Å². The van der Waals surface area contributed by atoms with E-state index < -0.39 is 6.09 Å². The summed E-state index contributed by atoms with van der Waals surface area (Å²) in [4.78, 5) is 26.2. The lowest BCUT2D eigenvalue weighted by Crippen LogP contribution is -2.69. The molecule has 1 aliphatic heterocycles. The molecule has 4 unspecified atom stereocenters. The SMILES string of the molecule is CCOC(=O)CN1C(C)(CC)CC(OC(=O)NC)C(C)C1(C)CC. The maximum atomic E-state index is 12.2. The van der Waals surface area contributed by atoms with Gasteiger partial charge in [0.15, 0.2) is 0 Å². The van der Waals surface area contributed by atoms with Gasteiger partial charge in [-0.1, -0.05) is 20.8 Å². The number of carbonyl (C=O) groups excluding carboxylic acids is 2. The number of nitrogens with one attached hydrogen (secondary N) is 1. The van der Waals surface area contributed by atoms with Crippen molar-refractivity contribution in [1.29, 1.82) is 0 Å². The molecule has 0 saturated carbocycles. The summed E-state index contributed by atoms with van der Waals surface area (Å²) in [6.45, 7) is 13.1. The molecule has 1 aliphatic rings. The van der Waals surface area contributed by atoms with E-state index >= 15 is 0 Å². The van der Waals surface area contributed by atoms with E-state index in [4.69, 9.17) is 9.47 Å². The molecule has 1 heterocycles. The van der Waals surface area contributed by atoms with Crippen LogP contribution in [0.5, 0.6) is 0 Å². The Hall–Kier alpha value is -1.30. The lowest BCUT2D eigenvalue weighted by molar-refractivity contribution is -0.165. The van der Waals surface area contributed by atoms with Gasteiger partial charge in [-0.15, -0.1) is 0 Å². The summed E-state index contributed by atoms with van der Waals surface area (Å²) in [5.74, 6) is -0.0939. The van der Waals surface area contributed by atoms with Crippen LogP contribution in [0.25, 0.3) is 0 Å². The van der Waals surface area contributed by atoms with Gasteiger partial charge in [0.1, 0.15) is 6.10 Å². The number of ether oxygens (including phenoxy) is 2. The normalized spacial score (nSPS) is 33.8. The predicted octanol–water partition coefficient (Wildman–Crippen LogP) is 2.95. The van der Waals surface area contributed by atoms with Crippen molar-refractivity contribution in [2.45, 2.75) is 78.0 Å². The standard InChI is InChI=1S/C18H34N2O4/c1-8-17(5)11-14(24-16(22)19-7)13(4)18(6,9-2)20(17)12-15(21)23-10-3/h13-14H,8-12H2,1-7H3,(H,19,22). The molecule has 0 radical (unpaired) electrons. The number of hydrogen-bond donors (Lipinski definition) is 1. The van der Waals surface area contributed by atoms with Gasteiger partial charge in [0, 0.05) is 30.5 Å². The molecule has 0 aromatic heterocycles. The average molecular weight is 342 g/mol. The Balaban J connectivity index is 3.17. The molecule has 1 rings (SSSR count). The number of carbonyl (C=O) groups is 2. The minimum absolute atomic E-state index is 0.105. The fourth-order valence-corrected chi connectivity index (χ4v) is 3.88. The van der Waals surface area contributed by atoms with E-state index in [2.05, 4.69) is 44.8 Å². The van der Waals surface area contributed by atoms with E-state index in [1.807, 2.05) is 6.92 Å². The van der Waals surface area contributed by atoms with E-state index in [9.17, 15) is 9.59 Å². The molecule has 1 amide bonds. The van der Waals surface area contributed by atoms with E-state index in [-0.39, 0.29) is 35.6 Å². The molecule has 0 aliphatic carbocycles. The van der Waals surface area contributed by atoms with Crippen molar-refractivity contribution >= 4 is 12.1 Å². The first-order valence-corrected chi connectivity index (χ1v) is 9.00. The van der Waals surface area contributed by atoms with Crippen molar-refractivity contribution in [2.75, 3.05) is 20.2 Å². The monoisotopic (exact) mass is 342 g/mol. The molecule has 0 aromatic carbocycles. The number of amides is 1. The highest BCUT2D eigenvalue weighted by atomic mass is 16.6. The summed E-state index contributed by atoms with van der Waals surface area (Å²) in [5.41, 5.74) is -0.489. The molecular formula is C18H34N2O4. The van der Waals surface area contributed by atoms with Crippen LogP contribution in [0.1, 0.15) is 60.8 Å². The van der Waals surface area contributed by atoms with Crippen LogP contribution in [0.2, 0.25) is 0 Å². The van der Waals surface area contributed by atoms with Gasteiger partial charge < -0.3 is 14.8 Å². The van der Waals surface area contributed by atoms with Crippen molar-refractivity contribution in [3.63, 3.8) is 0 Å². The van der Waals surface area contributed by atoms with Gasteiger partial charge in [0.25, 0.3) is 0 Å². The third kappa shape index (κ3) is 4.02.